The van der Waals surface area contributed by atoms with E-state index in [-0.39, 0.29) is 0 Å². The van der Waals surface area contributed by atoms with Crippen LogP contribution in [0.25, 0.3) is 0 Å². The van der Waals surface area contributed by atoms with Crippen molar-refractivity contribution in [3.8, 4) is 0 Å². The fourth-order valence-electron chi connectivity index (χ4n) is 4.34. The molecule has 21 heavy (non-hydrogen) atoms. The van der Waals surface area contributed by atoms with Crippen LogP contribution in [0, 0.1) is 0 Å². The maximum atomic E-state index is 3.73. The molecule has 3 aliphatic heterocycles. The van der Waals surface area contributed by atoms with E-state index in [1.165, 1.54) is 64.0 Å². The van der Waals surface area contributed by atoms with Crippen LogP contribution in [0.1, 0.15) is 30.4 Å². The van der Waals surface area contributed by atoms with Gasteiger partial charge in [0.15, 0.2) is 0 Å². The van der Waals surface area contributed by atoms with Gasteiger partial charge < -0.3 is 10.2 Å². The summed E-state index contributed by atoms with van der Waals surface area (Å²) in [6.07, 6.45) is 5.40. The van der Waals surface area contributed by atoms with Gasteiger partial charge in [0.05, 0.1) is 0 Å². The number of likely N-dealkylation sites (tertiary alicyclic amines) is 2. The van der Waals surface area contributed by atoms with Gasteiger partial charge in [-0.25, -0.2) is 0 Å². The highest BCUT2D eigenvalue weighted by molar-refractivity contribution is 5.30. The number of nitrogens with one attached hydrogen (secondary N) is 1. The first-order valence-corrected chi connectivity index (χ1v) is 8.65. The van der Waals surface area contributed by atoms with E-state index < -0.39 is 0 Å². The largest absolute Gasteiger partial charge is 0.308 e. The van der Waals surface area contributed by atoms with Crippen molar-refractivity contribution in [2.45, 2.75) is 44.3 Å². The Morgan fingerprint density at radius 3 is 2.71 bits per heavy atom. The Bertz CT molecular complexity index is 481. The molecule has 0 radical (unpaired) electrons. The van der Waals surface area contributed by atoms with Gasteiger partial charge in [-0.1, -0.05) is 24.3 Å². The molecule has 0 spiro atoms. The number of hydrogen-bond acceptors (Lipinski definition) is 3. The normalized spacial score (nSPS) is 30.7. The van der Waals surface area contributed by atoms with E-state index in [9.17, 15) is 0 Å². The first kappa shape index (κ1) is 13.7. The lowest BCUT2D eigenvalue weighted by molar-refractivity contribution is 0.221. The molecule has 1 N–H and O–H groups in total. The summed E-state index contributed by atoms with van der Waals surface area (Å²) in [5.41, 5.74) is 3.04. The molecule has 0 saturated carbocycles. The Morgan fingerprint density at radius 2 is 1.86 bits per heavy atom. The van der Waals surface area contributed by atoms with E-state index in [2.05, 4.69) is 39.4 Å². The minimum absolute atomic E-state index is 0.636. The van der Waals surface area contributed by atoms with Crippen LogP contribution in [-0.2, 0) is 13.0 Å². The van der Waals surface area contributed by atoms with Crippen LogP contribution >= 0.6 is 0 Å². The summed E-state index contributed by atoms with van der Waals surface area (Å²) in [5.74, 6) is 0. The molecular formula is C18H27N3. The first-order chi connectivity index (χ1) is 10.4. The fourth-order valence-corrected chi connectivity index (χ4v) is 4.34. The molecule has 2 unspecified atom stereocenters. The van der Waals surface area contributed by atoms with Gasteiger partial charge in [-0.3, -0.25) is 4.90 Å². The van der Waals surface area contributed by atoms with Gasteiger partial charge in [-0.2, -0.15) is 0 Å². The van der Waals surface area contributed by atoms with Crippen molar-refractivity contribution in [2.24, 2.45) is 0 Å². The highest BCUT2D eigenvalue weighted by Gasteiger charge is 2.30. The molecule has 0 bridgehead atoms. The maximum absolute atomic E-state index is 3.73. The van der Waals surface area contributed by atoms with Crippen molar-refractivity contribution in [3.63, 3.8) is 0 Å². The molecule has 114 valence electrons. The van der Waals surface area contributed by atoms with Gasteiger partial charge >= 0.3 is 0 Å². The zero-order valence-electron chi connectivity index (χ0n) is 12.9. The van der Waals surface area contributed by atoms with Crippen LogP contribution < -0.4 is 5.32 Å². The second kappa shape index (κ2) is 6.07. The molecule has 0 amide bonds. The zero-order chi connectivity index (χ0) is 14.1. The quantitative estimate of drug-likeness (QED) is 0.915. The van der Waals surface area contributed by atoms with Gasteiger partial charge in [0, 0.05) is 31.7 Å². The van der Waals surface area contributed by atoms with Crippen LogP contribution in [0.5, 0.6) is 0 Å². The molecule has 2 atom stereocenters. The smallest absolute Gasteiger partial charge is 0.0238 e. The minimum atomic E-state index is 0.636. The summed E-state index contributed by atoms with van der Waals surface area (Å²) in [6.45, 7) is 7.53. The third-order valence-electron chi connectivity index (χ3n) is 5.55. The van der Waals surface area contributed by atoms with Gasteiger partial charge in [-0.05, 0) is 56.4 Å². The molecule has 4 rings (SSSR count). The molecule has 0 aromatic heterocycles. The predicted molar refractivity (Wildman–Crippen MR) is 86.4 cm³/mol. The number of hydrogen-bond donors (Lipinski definition) is 1. The SMILES string of the molecule is c1ccc2c(c1)CNC(CN1CCC(N3CCCC3)C1)C2. The minimum Gasteiger partial charge on any atom is -0.308 e. The average Bonchev–Trinajstić information content (AvgIpc) is 3.18. The lowest BCUT2D eigenvalue weighted by Gasteiger charge is -2.30. The van der Waals surface area contributed by atoms with Crippen LogP contribution in [0.3, 0.4) is 0 Å². The summed E-state index contributed by atoms with van der Waals surface area (Å²) in [7, 11) is 0. The fraction of sp³-hybridized carbons (Fsp3) is 0.667. The van der Waals surface area contributed by atoms with Crippen molar-refractivity contribution in [3.05, 3.63) is 35.4 Å². The van der Waals surface area contributed by atoms with Crippen LogP contribution in [0.15, 0.2) is 24.3 Å². The first-order valence-electron chi connectivity index (χ1n) is 8.65. The number of nitrogens with zero attached hydrogens (tertiary/aromatic N) is 2. The molecule has 2 fully saturated rings. The van der Waals surface area contributed by atoms with Gasteiger partial charge in [0.25, 0.3) is 0 Å². The Labute approximate surface area is 128 Å². The molecule has 3 heteroatoms. The van der Waals surface area contributed by atoms with Crippen LogP contribution in [0.4, 0.5) is 0 Å². The maximum Gasteiger partial charge on any atom is 0.0238 e. The van der Waals surface area contributed by atoms with E-state index in [0.29, 0.717) is 6.04 Å². The van der Waals surface area contributed by atoms with E-state index >= 15 is 0 Å². The van der Waals surface area contributed by atoms with E-state index in [4.69, 9.17) is 0 Å². The predicted octanol–water partition coefficient (Wildman–Crippen LogP) is 1.87. The van der Waals surface area contributed by atoms with Crippen molar-refractivity contribution in [1.29, 1.82) is 0 Å². The molecule has 3 nitrogen and oxygen atoms in total. The number of benzene rings is 1. The summed E-state index contributed by atoms with van der Waals surface area (Å²) in [6, 6.07) is 10.4. The topological polar surface area (TPSA) is 18.5 Å². The summed E-state index contributed by atoms with van der Waals surface area (Å²) < 4.78 is 0. The third-order valence-corrected chi connectivity index (χ3v) is 5.55. The second-order valence-corrected chi connectivity index (χ2v) is 7.00. The zero-order valence-corrected chi connectivity index (χ0v) is 12.9. The molecule has 3 aliphatic rings. The van der Waals surface area contributed by atoms with Crippen LogP contribution in [-0.4, -0.2) is 54.6 Å². The Kier molecular flexibility index (Phi) is 3.97. The van der Waals surface area contributed by atoms with Gasteiger partial charge in [0.2, 0.25) is 0 Å². The molecule has 3 heterocycles. The lowest BCUT2D eigenvalue weighted by Crippen LogP contribution is -2.45. The lowest BCUT2D eigenvalue weighted by atomic mass is 9.96. The number of rotatable bonds is 3. The van der Waals surface area contributed by atoms with E-state index in [0.717, 1.165) is 12.6 Å². The molecule has 2 saturated heterocycles. The highest BCUT2D eigenvalue weighted by Crippen LogP contribution is 2.22. The molecule has 1 aromatic rings. The van der Waals surface area contributed by atoms with Gasteiger partial charge in [-0.15, -0.1) is 0 Å². The molecule has 0 aliphatic carbocycles. The summed E-state index contributed by atoms with van der Waals surface area (Å²) in [4.78, 5) is 5.41. The van der Waals surface area contributed by atoms with Crippen LogP contribution in [0.2, 0.25) is 0 Å². The van der Waals surface area contributed by atoms with Crippen molar-refractivity contribution < 1.29 is 0 Å². The standard InChI is InChI=1S/C18H27N3/c1-2-6-16-12-19-17(11-15(16)5-1)13-20-10-7-18(14-20)21-8-3-4-9-21/h1-2,5-6,17-19H,3-4,7-14H2. The van der Waals surface area contributed by atoms with Crippen molar-refractivity contribution >= 4 is 0 Å². The second-order valence-electron chi connectivity index (χ2n) is 7.00. The molecule has 1 aromatic carbocycles. The average molecular weight is 285 g/mol. The summed E-state index contributed by atoms with van der Waals surface area (Å²) in [5, 5.41) is 3.73. The molecular weight excluding hydrogens is 258 g/mol. The van der Waals surface area contributed by atoms with Crippen molar-refractivity contribution in [1.82, 2.24) is 15.1 Å². The number of fused-ring (bicyclic) bond motifs is 1. The third kappa shape index (κ3) is 3.01. The Hall–Kier alpha value is -0.900. The summed E-state index contributed by atoms with van der Waals surface area (Å²) >= 11 is 0. The monoisotopic (exact) mass is 285 g/mol. The Morgan fingerprint density at radius 1 is 1.05 bits per heavy atom. The van der Waals surface area contributed by atoms with E-state index in [1.807, 2.05) is 0 Å². The van der Waals surface area contributed by atoms with Gasteiger partial charge in [0.1, 0.15) is 0 Å². The highest BCUT2D eigenvalue weighted by atomic mass is 15.3. The Balaban J connectivity index is 1.31. The van der Waals surface area contributed by atoms with E-state index in [1.54, 1.807) is 5.56 Å². The van der Waals surface area contributed by atoms with Crippen molar-refractivity contribution in [2.75, 3.05) is 32.7 Å².